The molecule has 0 bridgehead atoms. The highest BCUT2D eigenvalue weighted by atomic mass is 16.5. The number of aromatic nitrogens is 1. The van der Waals surface area contributed by atoms with E-state index in [-0.39, 0.29) is 6.61 Å². The van der Waals surface area contributed by atoms with Crippen molar-refractivity contribution in [3.05, 3.63) is 79.0 Å². The Morgan fingerprint density at radius 3 is 2.32 bits per heavy atom. The van der Waals surface area contributed by atoms with Gasteiger partial charge in [-0.2, -0.15) is 0 Å². The number of methoxy groups -OCH3 is 1. The third-order valence-corrected chi connectivity index (χ3v) is 7.33. The molecule has 1 unspecified atom stereocenters. The molecule has 1 aliphatic rings. The number of hydrogen-bond acceptors (Lipinski definition) is 7. The molecule has 1 saturated heterocycles. The molecule has 0 amide bonds. The van der Waals surface area contributed by atoms with Crippen molar-refractivity contribution in [1.82, 2.24) is 9.88 Å². The second kappa shape index (κ2) is 13.7. The number of fused-ring (bicyclic) bond motifs is 1. The summed E-state index contributed by atoms with van der Waals surface area (Å²) in [6, 6.07) is 24.2. The van der Waals surface area contributed by atoms with Crippen LogP contribution in [-0.2, 0) is 0 Å². The van der Waals surface area contributed by atoms with E-state index in [0.717, 1.165) is 42.0 Å². The number of anilines is 2. The van der Waals surface area contributed by atoms with E-state index < -0.39 is 6.10 Å². The third-order valence-electron chi connectivity index (χ3n) is 7.33. The molecule has 216 valence electrons. The Bertz CT molecular complexity index is 1390. The molecule has 1 aromatic heterocycles. The minimum absolute atomic E-state index is 0.192. The van der Waals surface area contributed by atoms with E-state index in [1.165, 1.54) is 24.9 Å². The average Bonchev–Trinajstić information content (AvgIpc) is 3.00. The highest BCUT2D eigenvalue weighted by Crippen LogP contribution is 2.38. The summed E-state index contributed by atoms with van der Waals surface area (Å²) in [5.41, 5.74) is 3.01. The smallest absolute Gasteiger partial charge is 0.163 e. The number of likely N-dealkylation sites (tertiary alicyclic amines) is 1. The zero-order valence-corrected chi connectivity index (χ0v) is 24.3. The maximum atomic E-state index is 10.6. The summed E-state index contributed by atoms with van der Waals surface area (Å²) in [5, 5.41) is 11.4. The van der Waals surface area contributed by atoms with E-state index in [1.807, 2.05) is 36.4 Å². The van der Waals surface area contributed by atoms with Gasteiger partial charge in [-0.1, -0.05) is 38.5 Å². The van der Waals surface area contributed by atoms with Crippen LogP contribution in [0.3, 0.4) is 0 Å². The van der Waals surface area contributed by atoms with Gasteiger partial charge in [-0.15, -0.1) is 0 Å². The number of aliphatic hydroxyl groups excluding tert-OH is 1. The fourth-order valence-electron chi connectivity index (χ4n) is 5.32. The first-order chi connectivity index (χ1) is 20.0. The van der Waals surface area contributed by atoms with Crippen molar-refractivity contribution >= 4 is 22.3 Å². The number of aliphatic hydroxyl groups is 1. The Morgan fingerprint density at radius 1 is 0.878 bits per heavy atom. The maximum absolute atomic E-state index is 10.6. The third kappa shape index (κ3) is 7.48. The Balaban J connectivity index is 1.31. The number of para-hydroxylation sites is 1. The number of ether oxygens (including phenoxy) is 3. The number of hydrogen-bond donors (Lipinski definition) is 1. The van der Waals surface area contributed by atoms with Crippen molar-refractivity contribution in [2.45, 2.75) is 39.2 Å². The molecule has 7 heteroatoms. The van der Waals surface area contributed by atoms with Gasteiger partial charge in [-0.3, -0.25) is 4.98 Å². The first kappa shape index (κ1) is 28.7. The van der Waals surface area contributed by atoms with Crippen molar-refractivity contribution in [3.63, 3.8) is 0 Å². The van der Waals surface area contributed by atoms with Crippen LogP contribution in [0, 0.1) is 5.92 Å². The Labute approximate surface area is 243 Å². The van der Waals surface area contributed by atoms with Crippen LogP contribution in [0.4, 0.5) is 11.4 Å². The Kier molecular flexibility index (Phi) is 9.59. The molecule has 0 radical (unpaired) electrons. The number of piperidine rings is 1. The minimum Gasteiger partial charge on any atom is -0.493 e. The highest BCUT2D eigenvalue weighted by molar-refractivity contribution is 5.88. The van der Waals surface area contributed by atoms with E-state index in [1.54, 1.807) is 13.3 Å². The fraction of sp³-hybridized carbons (Fsp3) is 0.382. The summed E-state index contributed by atoms with van der Waals surface area (Å²) < 4.78 is 18.0. The normalized spacial score (nSPS) is 14.7. The molecule has 5 rings (SSSR count). The molecule has 1 fully saturated rings. The number of pyridine rings is 1. The number of β-amino-alcohol motifs (C(OH)–C–C–N with tert-alkyl or cyclic N) is 1. The van der Waals surface area contributed by atoms with Gasteiger partial charge in [-0.05, 0) is 80.4 Å². The maximum Gasteiger partial charge on any atom is 0.163 e. The van der Waals surface area contributed by atoms with Crippen LogP contribution >= 0.6 is 0 Å². The quantitative estimate of drug-likeness (QED) is 0.201. The molecular formula is C34H41N3O4. The average molecular weight is 556 g/mol. The van der Waals surface area contributed by atoms with Crippen molar-refractivity contribution in [1.29, 1.82) is 0 Å². The van der Waals surface area contributed by atoms with Gasteiger partial charge >= 0.3 is 0 Å². The molecule has 1 atom stereocenters. The molecule has 2 heterocycles. The van der Waals surface area contributed by atoms with Crippen molar-refractivity contribution in [2.24, 2.45) is 5.92 Å². The number of rotatable bonds is 12. The lowest BCUT2D eigenvalue weighted by molar-refractivity contribution is 0.0609. The molecule has 0 aliphatic carbocycles. The molecule has 1 N–H and O–H groups in total. The number of benzene rings is 3. The van der Waals surface area contributed by atoms with Crippen LogP contribution < -0.4 is 19.1 Å². The summed E-state index contributed by atoms with van der Waals surface area (Å²) >= 11 is 0. The van der Waals surface area contributed by atoms with E-state index in [2.05, 4.69) is 65.0 Å². The lowest BCUT2D eigenvalue weighted by Gasteiger charge is -2.28. The fourth-order valence-corrected chi connectivity index (χ4v) is 5.32. The molecular weight excluding hydrogens is 514 g/mol. The van der Waals surface area contributed by atoms with Gasteiger partial charge in [-0.25, -0.2) is 0 Å². The van der Waals surface area contributed by atoms with Crippen LogP contribution in [-0.4, -0.2) is 61.0 Å². The summed E-state index contributed by atoms with van der Waals surface area (Å²) in [6.07, 6.45) is 4.81. The predicted octanol–water partition coefficient (Wildman–Crippen LogP) is 7.06. The summed E-state index contributed by atoms with van der Waals surface area (Å²) in [5.74, 6) is 3.05. The van der Waals surface area contributed by atoms with Gasteiger partial charge in [0.2, 0.25) is 0 Å². The van der Waals surface area contributed by atoms with Crippen molar-refractivity contribution in [3.8, 4) is 23.0 Å². The van der Waals surface area contributed by atoms with Crippen LogP contribution in [0.5, 0.6) is 23.0 Å². The number of nitrogens with zero attached hydrogens (tertiary/aromatic N) is 3. The van der Waals surface area contributed by atoms with Gasteiger partial charge < -0.3 is 29.1 Å². The zero-order valence-electron chi connectivity index (χ0n) is 24.3. The topological polar surface area (TPSA) is 67.3 Å². The molecule has 1 aliphatic heterocycles. The molecule has 4 aromatic rings. The van der Waals surface area contributed by atoms with Crippen LogP contribution in [0.2, 0.25) is 0 Å². The SMILES string of the molecule is COc1cc2c(Oc3ccc(N(CC(C)C)c4ccccc4)cc3)ccnc2cc1OCC(O)CN1CCCCC1. The van der Waals surface area contributed by atoms with E-state index in [4.69, 9.17) is 14.2 Å². The van der Waals surface area contributed by atoms with Crippen molar-refractivity contribution < 1.29 is 19.3 Å². The van der Waals surface area contributed by atoms with Crippen LogP contribution in [0.25, 0.3) is 10.9 Å². The second-order valence-corrected chi connectivity index (χ2v) is 11.1. The van der Waals surface area contributed by atoms with E-state index in [0.29, 0.717) is 29.7 Å². The summed E-state index contributed by atoms with van der Waals surface area (Å²) in [4.78, 5) is 9.17. The summed E-state index contributed by atoms with van der Waals surface area (Å²) in [6.45, 7) is 8.25. The molecule has 7 nitrogen and oxygen atoms in total. The van der Waals surface area contributed by atoms with Gasteiger partial charge in [0.1, 0.15) is 24.2 Å². The zero-order chi connectivity index (χ0) is 28.6. The lowest BCUT2D eigenvalue weighted by atomic mass is 10.1. The molecule has 3 aromatic carbocycles. The lowest BCUT2D eigenvalue weighted by Crippen LogP contribution is -2.38. The molecule has 0 spiro atoms. The van der Waals surface area contributed by atoms with Crippen LogP contribution in [0.15, 0.2) is 79.0 Å². The summed E-state index contributed by atoms with van der Waals surface area (Å²) in [7, 11) is 1.61. The molecule has 41 heavy (non-hydrogen) atoms. The van der Waals surface area contributed by atoms with E-state index >= 15 is 0 Å². The molecule has 0 saturated carbocycles. The monoisotopic (exact) mass is 555 g/mol. The Morgan fingerprint density at radius 2 is 1.61 bits per heavy atom. The Hall–Kier alpha value is -3.81. The van der Waals surface area contributed by atoms with Gasteiger partial charge in [0, 0.05) is 42.1 Å². The second-order valence-electron chi connectivity index (χ2n) is 11.1. The van der Waals surface area contributed by atoms with Gasteiger partial charge in [0.05, 0.1) is 12.6 Å². The predicted molar refractivity (Wildman–Crippen MR) is 165 cm³/mol. The largest absolute Gasteiger partial charge is 0.493 e. The first-order valence-electron chi connectivity index (χ1n) is 14.6. The standard InChI is InChI=1S/C34H41N3O4/c1-25(2)22-37(26-10-6-4-7-11-26)27-12-14-29(15-13-27)41-32-16-17-35-31-21-34(33(39-3)20-30(31)32)40-24-28(38)23-36-18-8-5-9-19-36/h4,6-7,10-17,20-21,25,28,38H,5,8-9,18-19,22-24H2,1-3H3. The minimum atomic E-state index is -0.572. The van der Waals surface area contributed by atoms with Crippen LogP contribution in [0.1, 0.15) is 33.1 Å². The first-order valence-corrected chi connectivity index (χ1v) is 14.6. The van der Waals surface area contributed by atoms with Gasteiger partial charge in [0.15, 0.2) is 11.5 Å². The highest BCUT2D eigenvalue weighted by Gasteiger charge is 2.18. The van der Waals surface area contributed by atoms with E-state index in [9.17, 15) is 5.11 Å². The van der Waals surface area contributed by atoms with Crippen molar-refractivity contribution in [2.75, 3.05) is 44.8 Å². The van der Waals surface area contributed by atoms with Gasteiger partial charge in [0.25, 0.3) is 0 Å².